The van der Waals surface area contributed by atoms with Crippen LogP contribution in [0.2, 0.25) is 5.02 Å². The number of hydrogen-bond donors (Lipinski definition) is 2. The number of sulfonamides is 1. The standard InChI is InChI=1S/C17H25ClN4O4S/c1-2-7-19-16(23)12-20-17(24)13-21-8-10-22(11-9-21)27(25,26)15-5-3-14(18)4-6-15/h3-6H,2,7-13H2,1H3,(H,19,23)(H,20,24). The normalized spacial score (nSPS) is 16.1. The first-order chi connectivity index (χ1) is 12.8. The van der Waals surface area contributed by atoms with Gasteiger partial charge in [-0.05, 0) is 30.7 Å². The number of nitrogens with zero attached hydrogens (tertiary/aromatic N) is 2. The highest BCUT2D eigenvalue weighted by atomic mass is 35.5. The summed E-state index contributed by atoms with van der Waals surface area (Å²) in [6.45, 7) is 4.11. The Hall–Kier alpha value is -1.68. The summed E-state index contributed by atoms with van der Waals surface area (Å²) in [5.74, 6) is -0.472. The molecule has 2 amide bonds. The van der Waals surface area contributed by atoms with E-state index in [-0.39, 0.29) is 29.8 Å². The fourth-order valence-corrected chi connectivity index (χ4v) is 4.20. The summed E-state index contributed by atoms with van der Waals surface area (Å²) in [5, 5.41) is 5.74. The molecule has 1 aliphatic rings. The summed E-state index contributed by atoms with van der Waals surface area (Å²) < 4.78 is 26.7. The molecule has 0 bridgehead atoms. The number of halogens is 1. The molecule has 0 aromatic heterocycles. The molecular formula is C17H25ClN4O4S. The number of rotatable bonds is 8. The van der Waals surface area contributed by atoms with Crippen molar-refractivity contribution in [3.05, 3.63) is 29.3 Å². The van der Waals surface area contributed by atoms with E-state index in [0.717, 1.165) is 6.42 Å². The van der Waals surface area contributed by atoms with Gasteiger partial charge in [-0.25, -0.2) is 8.42 Å². The number of carbonyl (C=O) groups excluding carboxylic acids is 2. The molecule has 10 heteroatoms. The number of piperazine rings is 1. The molecule has 1 aromatic carbocycles. The van der Waals surface area contributed by atoms with Gasteiger partial charge in [-0.3, -0.25) is 14.5 Å². The molecule has 1 saturated heterocycles. The first kappa shape index (κ1) is 21.6. The van der Waals surface area contributed by atoms with Gasteiger partial charge in [-0.1, -0.05) is 18.5 Å². The van der Waals surface area contributed by atoms with E-state index in [2.05, 4.69) is 10.6 Å². The van der Waals surface area contributed by atoms with Gasteiger partial charge < -0.3 is 10.6 Å². The van der Waals surface area contributed by atoms with E-state index in [4.69, 9.17) is 11.6 Å². The van der Waals surface area contributed by atoms with Crippen LogP contribution in [0.25, 0.3) is 0 Å². The molecule has 2 N–H and O–H groups in total. The third-order valence-electron chi connectivity index (χ3n) is 4.17. The molecule has 1 aliphatic heterocycles. The zero-order valence-corrected chi connectivity index (χ0v) is 16.9. The average molecular weight is 417 g/mol. The zero-order valence-electron chi connectivity index (χ0n) is 15.3. The van der Waals surface area contributed by atoms with Gasteiger partial charge >= 0.3 is 0 Å². The van der Waals surface area contributed by atoms with Crippen molar-refractivity contribution < 1.29 is 18.0 Å². The van der Waals surface area contributed by atoms with Crippen molar-refractivity contribution in [3.63, 3.8) is 0 Å². The van der Waals surface area contributed by atoms with E-state index < -0.39 is 10.0 Å². The van der Waals surface area contributed by atoms with Crippen LogP contribution in [0, 0.1) is 0 Å². The minimum absolute atomic E-state index is 0.0518. The lowest BCUT2D eigenvalue weighted by Gasteiger charge is -2.33. The number of amides is 2. The molecule has 8 nitrogen and oxygen atoms in total. The Morgan fingerprint density at radius 2 is 1.67 bits per heavy atom. The van der Waals surface area contributed by atoms with Crippen LogP contribution in [-0.4, -0.2) is 75.3 Å². The number of carbonyl (C=O) groups is 2. The van der Waals surface area contributed by atoms with Crippen molar-refractivity contribution in [1.82, 2.24) is 19.8 Å². The van der Waals surface area contributed by atoms with Gasteiger partial charge in [-0.2, -0.15) is 4.31 Å². The van der Waals surface area contributed by atoms with Crippen molar-refractivity contribution >= 4 is 33.4 Å². The predicted octanol–water partition coefficient (Wildman–Crippen LogP) is 0.289. The van der Waals surface area contributed by atoms with Crippen molar-refractivity contribution in [3.8, 4) is 0 Å². The maximum absolute atomic E-state index is 12.6. The number of nitrogens with one attached hydrogen (secondary N) is 2. The number of benzene rings is 1. The van der Waals surface area contributed by atoms with E-state index in [0.29, 0.717) is 37.7 Å². The summed E-state index contributed by atoms with van der Waals surface area (Å²) in [7, 11) is -3.57. The van der Waals surface area contributed by atoms with Crippen LogP contribution in [0.4, 0.5) is 0 Å². The van der Waals surface area contributed by atoms with Gasteiger partial charge in [0.2, 0.25) is 21.8 Å². The smallest absolute Gasteiger partial charge is 0.243 e. The Labute approximate surface area is 164 Å². The van der Waals surface area contributed by atoms with Crippen LogP contribution >= 0.6 is 11.6 Å². The highest BCUT2D eigenvalue weighted by Gasteiger charge is 2.29. The van der Waals surface area contributed by atoms with Crippen molar-refractivity contribution in [2.45, 2.75) is 18.2 Å². The van der Waals surface area contributed by atoms with Crippen LogP contribution in [0.5, 0.6) is 0 Å². The summed E-state index contributed by atoms with van der Waals surface area (Å²) >= 11 is 5.81. The van der Waals surface area contributed by atoms with Crippen LogP contribution in [0.1, 0.15) is 13.3 Å². The largest absolute Gasteiger partial charge is 0.355 e. The molecule has 1 fully saturated rings. The minimum Gasteiger partial charge on any atom is -0.355 e. The molecule has 0 saturated carbocycles. The van der Waals surface area contributed by atoms with Crippen molar-refractivity contribution in [2.24, 2.45) is 0 Å². The van der Waals surface area contributed by atoms with Gasteiger partial charge in [0.25, 0.3) is 0 Å². The molecular weight excluding hydrogens is 392 g/mol. The molecule has 150 valence electrons. The highest BCUT2D eigenvalue weighted by molar-refractivity contribution is 7.89. The summed E-state index contributed by atoms with van der Waals surface area (Å²) in [6, 6.07) is 6.07. The quantitative estimate of drug-likeness (QED) is 0.634. The first-order valence-corrected chi connectivity index (χ1v) is 10.7. The maximum Gasteiger partial charge on any atom is 0.243 e. The molecule has 0 aliphatic carbocycles. The molecule has 0 radical (unpaired) electrons. The van der Waals surface area contributed by atoms with Gasteiger partial charge in [0, 0.05) is 37.7 Å². The Kier molecular flexibility index (Phi) is 8.03. The first-order valence-electron chi connectivity index (χ1n) is 8.84. The maximum atomic E-state index is 12.6. The van der Waals surface area contributed by atoms with E-state index >= 15 is 0 Å². The Morgan fingerprint density at radius 1 is 1.04 bits per heavy atom. The van der Waals surface area contributed by atoms with E-state index in [1.165, 1.54) is 16.4 Å². The fraction of sp³-hybridized carbons (Fsp3) is 0.529. The topological polar surface area (TPSA) is 98.8 Å². The molecule has 1 heterocycles. The monoisotopic (exact) mass is 416 g/mol. The zero-order chi connectivity index (χ0) is 19.9. The van der Waals surface area contributed by atoms with Crippen molar-refractivity contribution in [2.75, 3.05) is 45.8 Å². The average Bonchev–Trinajstić information content (AvgIpc) is 2.65. The molecule has 0 atom stereocenters. The molecule has 1 aromatic rings. The van der Waals surface area contributed by atoms with E-state index in [1.54, 1.807) is 12.1 Å². The van der Waals surface area contributed by atoms with E-state index in [9.17, 15) is 18.0 Å². The Bertz CT molecular complexity index is 747. The lowest BCUT2D eigenvalue weighted by molar-refractivity contribution is -0.126. The van der Waals surface area contributed by atoms with Gasteiger partial charge in [0.05, 0.1) is 18.0 Å². The SMILES string of the molecule is CCCNC(=O)CNC(=O)CN1CCN(S(=O)(=O)c2ccc(Cl)cc2)CC1. The molecule has 0 unspecified atom stereocenters. The Balaban J connectivity index is 1.78. The number of hydrogen-bond acceptors (Lipinski definition) is 5. The lowest BCUT2D eigenvalue weighted by Crippen LogP contribution is -2.51. The lowest BCUT2D eigenvalue weighted by atomic mass is 10.3. The van der Waals surface area contributed by atoms with Crippen LogP contribution in [0.15, 0.2) is 29.2 Å². The second-order valence-electron chi connectivity index (χ2n) is 6.26. The third kappa shape index (κ3) is 6.46. The van der Waals surface area contributed by atoms with Gasteiger partial charge in [0.15, 0.2) is 0 Å². The molecule has 0 spiro atoms. The van der Waals surface area contributed by atoms with Crippen molar-refractivity contribution in [1.29, 1.82) is 0 Å². The van der Waals surface area contributed by atoms with E-state index in [1.807, 2.05) is 11.8 Å². The van der Waals surface area contributed by atoms with Crippen LogP contribution in [-0.2, 0) is 19.6 Å². The summed E-state index contributed by atoms with van der Waals surface area (Å²) in [6.07, 6.45) is 0.836. The highest BCUT2D eigenvalue weighted by Crippen LogP contribution is 2.19. The molecule has 2 rings (SSSR count). The van der Waals surface area contributed by atoms with Gasteiger partial charge in [0.1, 0.15) is 0 Å². The second-order valence-corrected chi connectivity index (χ2v) is 8.64. The fourth-order valence-electron chi connectivity index (χ4n) is 2.65. The Morgan fingerprint density at radius 3 is 2.26 bits per heavy atom. The minimum atomic E-state index is -3.57. The summed E-state index contributed by atoms with van der Waals surface area (Å²) in [5.41, 5.74) is 0. The van der Waals surface area contributed by atoms with Gasteiger partial charge in [-0.15, -0.1) is 0 Å². The second kappa shape index (κ2) is 10.0. The van der Waals surface area contributed by atoms with Crippen LogP contribution < -0.4 is 10.6 Å². The molecule has 27 heavy (non-hydrogen) atoms. The summed E-state index contributed by atoms with van der Waals surface area (Å²) in [4.78, 5) is 25.5. The predicted molar refractivity (Wildman–Crippen MR) is 103 cm³/mol. The van der Waals surface area contributed by atoms with Crippen LogP contribution in [0.3, 0.4) is 0 Å². The third-order valence-corrected chi connectivity index (χ3v) is 6.33.